The van der Waals surface area contributed by atoms with Crippen molar-refractivity contribution in [1.82, 2.24) is 14.7 Å². The maximum Gasteiger partial charge on any atom is 0.0359 e. The highest BCUT2D eigenvalue weighted by Crippen LogP contribution is 2.37. The highest BCUT2D eigenvalue weighted by molar-refractivity contribution is 5.03. The van der Waals surface area contributed by atoms with Crippen molar-refractivity contribution in [3.8, 4) is 0 Å². The molecule has 3 atom stereocenters. The van der Waals surface area contributed by atoms with Gasteiger partial charge in [-0.05, 0) is 45.7 Å². The molecule has 2 N–H and O–H groups in total. The molecule has 0 amide bonds. The summed E-state index contributed by atoms with van der Waals surface area (Å²) in [4.78, 5) is 8.00. The molecule has 0 spiro atoms. The zero-order chi connectivity index (χ0) is 14.2. The monoisotopic (exact) mass is 280 g/mol. The van der Waals surface area contributed by atoms with Gasteiger partial charge < -0.3 is 15.5 Å². The molecule has 3 fully saturated rings. The molecule has 116 valence electrons. The SMILES string of the molecule is CCC1CN(C2(CN)CCN3CCCC3C2)CCN1C. The number of piperidine rings is 1. The number of nitrogens with two attached hydrogens (primary N) is 1. The van der Waals surface area contributed by atoms with Crippen LogP contribution in [-0.4, -0.2) is 78.6 Å². The zero-order valence-electron chi connectivity index (χ0n) is 13.4. The molecule has 3 unspecified atom stereocenters. The van der Waals surface area contributed by atoms with E-state index in [-0.39, 0.29) is 0 Å². The Kier molecular flexibility index (Phi) is 4.37. The number of likely N-dealkylation sites (N-methyl/N-ethyl adjacent to an activating group) is 1. The Morgan fingerprint density at radius 2 is 2.05 bits per heavy atom. The molecule has 4 heteroatoms. The summed E-state index contributed by atoms with van der Waals surface area (Å²) in [5, 5.41) is 0. The van der Waals surface area contributed by atoms with Crippen LogP contribution in [0.2, 0.25) is 0 Å². The Bertz CT molecular complexity index is 334. The van der Waals surface area contributed by atoms with E-state index in [1.54, 1.807) is 0 Å². The molecule has 0 aliphatic carbocycles. The van der Waals surface area contributed by atoms with Gasteiger partial charge in [-0.25, -0.2) is 0 Å². The summed E-state index contributed by atoms with van der Waals surface area (Å²) in [7, 11) is 2.28. The van der Waals surface area contributed by atoms with Crippen LogP contribution in [0.1, 0.15) is 39.0 Å². The lowest BCUT2D eigenvalue weighted by molar-refractivity contribution is -0.0321. The number of hydrogen-bond acceptors (Lipinski definition) is 4. The number of hydrogen-bond donors (Lipinski definition) is 1. The largest absolute Gasteiger partial charge is 0.329 e. The van der Waals surface area contributed by atoms with Crippen LogP contribution in [0.25, 0.3) is 0 Å². The van der Waals surface area contributed by atoms with Crippen LogP contribution in [-0.2, 0) is 0 Å². The molecule has 0 bridgehead atoms. The third-order valence-electron chi connectivity index (χ3n) is 6.28. The maximum absolute atomic E-state index is 6.30. The summed E-state index contributed by atoms with van der Waals surface area (Å²) in [6.07, 6.45) is 6.63. The summed E-state index contributed by atoms with van der Waals surface area (Å²) < 4.78 is 0. The average Bonchev–Trinajstić information content (AvgIpc) is 2.94. The topological polar surface area (TPSA) is 35.7 Å². The van der Waals surface area contributed by atoms with Gasteiger partial charge in [0.25, 0.3) is 0 Å². The molecule has 20 heavy (non-hydrogen) atoms. The van der Waals surface area contributed by atoms with Crippen LogP contribution in [0.3, 0.4) is 0 Å². The fourth-order valence-corrected chi connectivity index (χ4v) is 4.73. The molecule has 0 aromatic heterocycles. The Morgan fingerprint density at radius 1 is 1.20 bits per heavy atom. The second-order valence-corrected chi connectivity index (χ2v) is 7.20. The smallest absolute Gasteiger partial charge is 0.0359 e. The van der Waals surface area contributed by atoms with Gasteiger partial charge in [0.15, 0.2) is 0 Å². The molecule has 3 aliphatic rings. The van der Waals surface area contributed by atoms with Crippen molar-refractivity contribution in [2.75, 3.05) is 46.3 Å². The summed E-state index contributed by atoms with van der Waals surface area (Å²) in [5.41, 5.74) is 6.59. The molecule has 3 aliphatic heterocycles. The second kappa shape index (κ2) is 5.91. The molecular formula is C16H32N4. The van der Waals surface area contributed by atoms with Gasteiger partial charge in [0, 0.05) is 50.3 Å². The maximum atomic E-state index is 6.30. The first kappa shape index (κ1) is 14.8. The number of nitrogens with zero attached hydrogens (tertiary/aromatic N) is 3. The minimum absolute atomic E-state index is 0.292. The molecule has 0 aromatic carbocycles. The van der Waals surface area contributed by atoms with E-state index in [0.717, 1.165) is 12.6 Å². The highest BCUT2D eigenvalue weighted by atomic mass is 15.3. The second-order valence-electron chi connectivity index (χ2n) is 7.20. The van der Waals surface area contributed by atoms with Gasteiger partial charge in [-0.15, -0.1) is 0 Å². The molecule has 3 rings (SSSR count). The van der Waals surface area contributed by atoms with Crippen LogP contribution < -0.4 is 5.73 Å². The summed E-state index contributed by atoms with van der Waals surface area (Å²) in [6.45, 7) is 9.38. The van der Waals surface area contributed by atoms with Crippen LogP contribution in [0, 0.1) is 0 Å². The third kappa shape index (κ3) is 2.52. The van der Waals surface area contributed by atoms with Gasteiger partial charge in [0.1, 0.15) is 0 Å². The molecule has 4 nitrogen and oxygen atoms in total. The predicted octanol–water partition coefficient (Wildman–Crippen LogP) is 0.968. The molecular weight excluding hydrogens is 248 g/mol. The van der Waals surface area contributed by atoms with Crippen LogP contribution in [0.5, 0.6) is 0 Å². The summed E-state index contributed by atoms with van der Waals surface area (Å²) in [5.74, 6) is 0. The molecule has 3 saturated heterocycles. The van der Waals surface area contributed by atoms with Crippen molar-refractivity contribution in [3.05, 3.63) is 0 Å². The van der Waals surface area contributed by atoms with Gasteiger partial charge in [-0.1, -0.05) is 6.92 Å². The molecule has 0 radical (unpaired) electrons. The lowest BCUT2D eigenvalue weighted by Crippen LogP contribution is -2.66. The quantitative estimate of drug-likeness (QED) is 0.835. The van der Waals surface area contributed by atoms with Gasteiger partial charge in [-0.2, -0.15) is 0 Å². The standard InChI is InChI=1S/C16H32N4/c1-3-14-12-20(10-9-18(14)2)16(13-17)6-8-19-7-4-5-15(19)11-16/h14-15H,3-13,17H2,1-2H3. The lowest BCUT2D eigenvalue weighted by Gasteiger charge is -2.54. The van der Waals surface area contributed by atoms with E-state index >= 15 is 0 Å². The third-order valence-corrected chi connectivity index (χ3v) is 6.28. The Labute approximate surface area is 124 Å². The average molecular weight is 280 g/mol. The summed E-state index contributed by atoms with van der Waals surface area (Å²) in [6, 6.07) is 1.53. The fraction of sp³-hybridized carbons (Fsp3) is 1.00. The Balaban J connectivity index is 1.72. The van der Waals surface area contributed by atoms with E-state index in [1.165, 1.54) is 64.8 Å². The van der Waals surface area contributed by atoms with E-state index in [0.29, 0.717) is 11.6 Å². The van der Waals surface area contributed by atoms with Gasteiger partial charge >= 0.3 is 0 Å². The van der Waals surface area contributed by atoms with E-state index in [1.807, 2.05) is 0 Å². The van der Waals surface area contributed by atoms with E-state index < -0.39 is 0 Å². The lowest BCUT2D eigenvalue weighted by atomic mass is 9.80. The van der Waals surface area contributed by atoms with Crippen molar-refractivity contribution in [1.29, 1.82) is 0 Å². The van der Waals surface area contributed by atoms with E-state index in [4.69, 9.17) is 5.73 Å². The Morgan fingerprint density at radius 3 is 2.80 bits per heavy atom. The fourth-order valence-electron chi connectivity index (χ4n) is 4.73. The van der Waals surface area contributed by atoms with Crippen LogP contribution in [0.4, 0.5) is 0 Å². The molecule has 0 aromatic rings. The van der Waals surface area contributed by atoms with E-state index in [9.17, 15) is 0 Å². The molecule has 0 saturated carbocycles. The normalized spacial score (nSPS) is 41.0. The van der Waals surface area contributed by atoms with Gasteiger partial charge in [0.2, 0.25) is 0 Å². The summed E-state index contributed by atoms with van der Waals surface area (Å²) >= 11 is 0. The van der Waals surface area contributed by atoms with E-state index in [2.05, 4.69) is 28.7 Å². The first-order valence-electron chi connectivity index (χ1n) is 8.58. The first-order valence-corrected chi connectivity index (χ1v) is 8.58. The predicted molar refractivity (Wildman–Crippen MR) is 83.9 cm³/mol. The minimum Gasteiger partial charge on any atom is -0.329 e. The first-order chi connectivity index (χ1) is 9.68. The number of fused-ring (bicyclic) bond motifs is 1. The minimum atomic E-state index is 0.292. The van der Waals surface area contributed by atoms with Gasteiger partial charge in [0.05, 0.1) is 0 Å². The zero-order valence-corrected chi connectivity index (χ0v) is 13.4. The number of piperazine rings is 1. The van der Waals surface area contributed by atoms with Crippen LogP contribution >= 0.6 is 0 Å². The highest BCUT2D eigenvalue weighted by Gasteiger charge is 2.45. The van der Waals surface area contributed by atoms with Crippen molar-refractivity contribution >= 4 is 0 Å². The molecule has 3 heterocycles. The van der Waals surface area contributed by atoms with Crippen molar-refractivity contribution in [3.63, 3.8) is 0 Å². The van der Waals surface area contributed by atoms with Gasteiger partial charge in [-0.3, -0.25) is 4.90 Å². The van der Waals surface area contributed by atoms with Crippen molar-refractivity contribution in [2.45, 2.75) is 56.7 Å². The van der Waals surface area contributed by atoms with Crippen LogP contribution in [0.15, 0.2) is 0 Å². The van der Waals surface area contributed by atoms with Crippen molar-refractivity contribution in [2.24, 2.45) is 5.73 Å². The van der Waals surface area contributed by atoms with Crippen molar-refractivity contribution < 1.29 is 0 Å². The Hall–Kier alpha value is -0.160. The number of rotatable bonds is 3.